The molecule has 0 saturated heterocycles. The highest BCUT2D eigenvalue weighted by molar-refractivity contribution is 9.11. The summed E-state index contributed by atoms with van der Waals surface area (Å²) in [4.78, 5) is 19.8. The molecular formula is C12H8Br2ClN3O2. The second-order valence-corrected chi connectivity index (χ2v) is 5.74. The van der Waals surface area contributed by atoms with Crippen LogP contribution in [0.4, 0.5) is 5.69 Å². The number of carbonyl (C=O) groups excluding carboxylic acids is 1. The van der Waals surface area contributed by atoms with Crippen LogP contribution < -0.4 is 10.1 Å². The standard InChI is InChI=1S/C12H8Br2ClN3O2/c1-20-10-3-8(6(13)2-7(10)14)18-12(19)9-4-16-5-11(15)17-9/h2-5H,1H3,(H,18,19). The number of nitrogens with zero attached hydrogens (tertiary/aromatic N) is 2. The minimum absolute atomic E-state index is 0.131. The van der Waals surface area contributed by atoms with Gasteiger partial charge in [0, 0.05) is 10.5 Å². The maximum Gasteiger partial charge on any atom is 0.275 e. The molecule has 1 aromatic carbocycles. The van der Waals surface area contributed by atoms with Gasteiger partial charge in [0.05, 0.1) is 29.7 Å². The van der Waals surface area contributed by atoms with Crippen molar-refractivity contribution in [2.45, 2.75) is 0 Å². The Morgan fingerprint density at radius 2 is 2.05 bits per heavy atom. The monoisotopic (exact) mass is 419 g/mol. The molecule has 0 bridgehead atoms. The molecule has 8 heteroatoms. The second kappa shape index (κ2) is 6.51. The Bertz CT molecular complexity index is 667. The molecule has 0 unspecified atom stereocenters. The number of nitrogens with one attached hydrogen (secondary N) is 1. The van der Waals surface area contributed by atoms with Crippen molar-refractivity contribution >= 4 is 55.1 Å². The third kappa shape index (κ3) is 3.47. The Labute approximate surface area is 137 Å². The van der Waals surface area contributed by atoms with Crippen LogP contribution >= 0.6 is 43.5 Å². The van der Waals surface area contributed by atoms with Gasteiger partial charge in [0.2, 0.25) is 0 Å². The van der Waals surface area contributed by atoms with Gasteiger partial charge in [-0.25, -0.2) is 4.98 Å². The van der Waals surface area contributed by atoms with Gasteiger partial charge in [0.25, 0.3) is 5.91 Å². The maximum atomic E-state index is 12.1. The molecule has 104 valence electrons. The lowest BCUT2D eigenvalue weighted by Gasteiger charge is -2.10. The fourth-order valence-electron chi connectivity index (χ4n) is 1.42. The summed E-state index contributed by atoms with van der Waals surface area (Å²) < 4.78 is 6.65. The highest BCUT2D eigenvalue weighted by Gasteiger charge is 2.13. The number of benzene rings is 1. The van der Waals surface area contributed by atoms with Crippen molar-refractivity contribution in [1.82, 2.24) is 9.97 Å². The summed E-state index contributed by atoms with van der Waals surface area (Å²) >= 11 is 12.4. The number of amides is 1. The first-order chi connectivity index (χ1) is 9.51. The molecule has 1 heterocycles. The Hall–Kier alpha value is -1.18. The normalized spacial score (nSPS) is 10.2. The van der Waals surface area contributed by atoms with E-state index in [1.54, 1.807) is 19.2 Å². The summed E-state index contributed by atoms with van der Waals surface area (Å²) in [6.45, 7) is 0. The summed E-state index contributed by atoms with van der Waals surface area (Å²) in [5.74, 6) is 0.186. The van der Waals surface area contributed by atoms with Gasteiger partial charge in [-0.2, -0.15) is 0 Å². The Balaban J connectivity index is 2.28. The summed E-state index contributed by atoms with van der Waals surface area (Å²) in [5.41, 5.74) is 0.683. The fraction of sp³-hybridized carbons (Fsp3) is 0.0833. The minimum atomic E-state index is -0.412. The summed E-state index contributed by atoms with van der Waals surface area (Å²) in [5, 5.41) is 2.87. The Kier molecular flexibility index (Phi) is 4.95. The van der Waals surface area contributed by atoms with E-state index in [-0.39, 0.29) is 10.8 Å². The molecule has 1 aromatic heterocycles. The van der Waals surface area contributed by atoms with Crippen molar-refractivity contribution in [3.05, 3.63) is 44.3 Å². The smallest absolute Gasteiger partial charge is 0.275 e. The zero-order chi connectivity index (χ0) is 14.7. The number of ether oxygens (including phenoxy) is 1. The zero-order valence-corrected chi connectivity index (χ0v) is 14.1. The predicted octanol–water partition coefficient (Wildman–Crippen LogP) is 3.92. The van der Waals surface area contributed by atoms with Crippen LogP contribution in [0, 0.1) is 0 Å². The largest absolute Gasteiger partial charge is 0.495 e. The third-order valence-electron chi connectivity index (χ3n) is 2.33. The number of methoxy groups -OCH3 is 1. The number of carbonyl (C=O) groups is 1. The van der Waals surface area contributed by atoms with E-state index >= 15 is 0 Å². The van der Waals surface area contributed by atoms with Crippen LogP contribution in [-0.4, -0.2) is 23.0 Å². The minimum Gasteiger partial charge on any atom is -0.495 e. The van der Waals surface area contributed by atoms with Gasteiger partial charge in [0.15, 0.2) is 0 Å². The SMILES string of the molecule is COc1cc(NC(=O)c2cncc(Cl)n2)c(Br)cc1Br. The van der Waals surface area contributed by atoms with E-state index in [1.165, 1.54) is 12.4 Å². The van der Waals surface area contributed by atoms with Crippen molar-refractivity contribution in [1.29, 1.82) is 0 Å². The topological polar surface area (TPSA) is 64.1 Å². The second-order valence-electron chi connectivity index (χ2n) is 3.65. The highest BCUT2D eigenvalue weighted by atomic mass is 79.9. The van der Waals surface area contributed by atoms with Crippen LogP contribution in [0.15, 0.2) is 33.5 Å². The first kappa shape index (κ1) is 15.2. The van der Waals surface area contributed by atoms with Crippen molar-refractivity contribution in [2.24, 2.45) is 0 Å². The van der Waals surface area contributed by atoms with Crippen LogP contribution in [0.5, 0.6) is 5.75 Å². The lowest BCUT2D eigenvalue weighted by molar-refractivity contribution is 0.102. The summed E-state index contributed by atoms with van der Waals surface area (Å²) in [6.07, 6.45) is 2.70. The molecule has 1 amide bonds. The van der Waals surface area contributed by atoms with E-state index in [4.69, 9.17) is 16.3 Å². The Morgan fingerprint density at radius 3 is 2.70 bits per heavy atom. The van der Waals surface area contributed by atoms with Gasteiger partial charge < -0.3 is 10.1 Å². The predicted molar refractivity (Wildman–Crippen MR) is 83.4 cm³/mol. The van der Waals surface area contributed by atoms with E-state index in [2.05, 4.69) is 47.1 Å². The lowest BCUT2D eigenvalue weighted by atomic mass is 10.3. The van der Waals surface area contributed by atoms with Gasteiger partial charge >= 0.3 is 0 Å². The van der Waals surface area contributed by atoms with E-state index in [0.29, 0.717) is 15.9 Å². The zero-order valence-electron chi connectivity index (χ0n) is 10.2. The number of aromatic nitrogens is 2. The van der Waals surface area contributed by atoms with E-state index in [1.807, 2.05) is 0 Å². The fourth-order valence-corrected chi connectivity index (χ4v) is 2.82. The van der Waals surface area contributed by atoms with Crippen LogP contribution in [0.25, 0.3) is 0 Å². The van der Waals surface area contributed by atoms with E-state index < -0.39 is 5.91 Å². The molecule has 0 radical (unpaired) electrons. The van der Waals surface area contributed by atoms with Gasteiger partial charge in [-0.15, -0.1) is 0 Å². The van der Waals surface area contributed by atoms with Crippen molar-refractivity contribution < 1.29 is 9.53 Å². The molecule has 0 fully saturated rings. The average molecular weight is 421 g/mol. The van der Waals surface area contributed by atoms with Crippen molar-refractivity contribution in [2.75, 3.05) is 12.4 Å². The first-order valence-electron chi connectivity index (χ1n) is 5.33. The average Bonchev–Trinajstić information content (AvgIpc) is 2.41. The number of rotatable bonds is 3. The first-order valence-corrected chi connectivity index (χ1v) is 7.29. The summed E-state index contributed by atoms with van der Waals surface area (Å²) in [7, 11) is 1.54. The van der Waals surface area contributed by atoms with Crippen molar-refractivity contribution in [3.63, 3.8) is 0 Å². The van der Waals surface area contributed by atoms with Crippen LogP contribution in [-0.2, 0) is 0 Å². The quantitative estimate of drug-likeness (QED) is 0.816. The van der Waals surface area contributed by atoms with E-state index in [0.717, 1.165) is 4.47 Å². The number of anilines is 1. The van der Waals surface area contributed by atoms with Gasteiger partial charge in [-0.05, 0) is 37.9 Å². The molecule has 0 aliphatic carbocycles. The molecule has 2 rings (SSSR count). The van der Waals surface area contributed by atoms with Gasteiger partial charge in [0.1, 0.15) is 16.6 Å². The van der Waals surface area contributed by atoms with Crippen LogP contribution in [0.2, 0.25) is 5.15 Å². The molecule has 0 spiro atoms. The number of hydrogen-bond donors (Lipinski definition) is 1. The van der Waals surface area contributed by atoms with E-state index in [9.17, 15) is 4.79 Å². The summed E-state index contributed by atoms with van der Waals surface area (Å²) in [6, 6.07) is 3.46. The number of hydrogen-bond acceptors (Lipinski definition) is 4. The third-order valence-corrected chi connectivity index (χ3v) is 3.79. The molecule has 0 aliphatic heterocycles. The molecule has 2 aromatic rings. The molecular weight excluding hydrogens is 413 g/mol. The van der Waals surface area contributed by atoms with Crippen molar-refractivity contribution in [3.8, 4) is 5.75 Å². The molecule has 1 N–H and O–H groups in total. The maximum absolute atomic E-state index is 12.1. The Morgan fingerprint density at radius 1 is 1.30 bits per heavy atom. The highest BCUT2D eigenvalue weighted by Crippen LogP contribution is 2.34. The number of halogens is 3. The van der Waals surface area contributed by atoms with Gasteiger partial charge in [-0.1, -0.05) is 11.6 Å². The molecule has 0 aliphatic rings. The van der Waals surface area contributed by atoms with Gasteiger partial charge in [-0.3, -0.25) is 9.78 Å². The van der Waals surface area contributed by atoms with Crippen LogP contribution in [0.3, 0.4) is 0 Å². The lowest BCUT2D eigenvalue weighted by Crippen LogP contribution is -2.14. The molecule has 5 nitrogen and oxygen atoms in total. The molecule has 20 heavy (non-hydrogen) atoms. The molecule has 0 atom stereocenters. The molecule has 0 saturated carbocycles. The van der Waals surface area contributed by atoms with Crippen LogP contribution in [0.1, 0.15) is 10.5 Å².